The van der Waals surface area contributed by atoms with Gasteiger partial charge in [0.15, 0.2) is 0 Å². The van der Waals surface area contributed by atoms with Gasteiger partial charge in [-0.1, -0.05) is 91.0 Å². The third kappa shape index (κ3) is 4.87. The largest absolute Gasteiger partial charge is 0.462 e. The van der Waals surface area contributed by atoms with E-state index in [4.69, 9.17) is 9.72 Å². The minimum Gasteiger partial charge on any atom is -0.462 e. The molecule has 0 radical (unpaired) electrons. The van der Waals surface area contributed by atoms with Gasteiger partial charge in [-0.2, -0.15) is 0 Å². The lowest BCUT2D eigenvalue weighted by molar-refractivity contribution is 0.0524. The summed E-state index contributed by atoms with van der Waals surface area (Å²) in [6.45, 7) is 5.53. The predicted molar refractivity (Wildman–Crippen MR) is 188 cm³/mol. The zero-order chi connectivity index (χ0) is 32.8. The third-order valence-electron chi connectivity index (χ3n) is 10.1. The van der Waals surface area contributed by atoms with Gasteiger partial charge in [0, 0.05) is 31.0 Å². The van der Waals surface area contributed by atoms with E-state index in [9.17, 15) is 9.59 Å². The molecule has 2 aliphatic rings. The monoisotopic (exact) mass is 631 g/mol. The second-order valence-corrected chi connectivity index (χ2v) is 12.9. The topological polar surface area (TPSA) is 63.9 Å². The molecule has 1 aliphatic heterocycles. The summed E-state index contributed by atoms with van der Waals surface area (Å²) in [6, 6.07) is 38.3. The Hall–Kier alpha value is -5.33. The summed E-state index contributed by atoms with van der Waals surface area (Å²) >= 11 is 0. The lowest BCUT2D eigenvalue weighted by Crippen LogP contribution is -2.45. The Kier molecular flexibility index (Phi) is 7.53. The molecule has 0 unspecified atom stereocenters. The van der Waals surface area contributed by atoms with Crippen molar-refractivity contribution in [3.8, 4) is 11.3 Å². The number of hydrogen-bond acceptors (Lipinski definition) is 5. The first kappa shape index (κ1) is 30.0. The molecule has 48 heavy (non-hydrogen) atoms. The molecule has 3 aromatic carbocycles. The van der Waals surface area contributed by atoms with Crippen LogP contribution in [0.1, 0.15) is 75.0 Å². The molecule has 8 rings (SSSR count). The number of aryl methyl sites for hydroxylation is 1. The average molecular weight is 632 g/mol. The van der Waals surface area contributed by atoms with E-state index < -0.39 is 11.5 Å². The van der Waals surface area contributed by atoms with Crippen LogP contribution in [0.5, 0.6) is 0 Å². The smallest absolute Gasteiger partial charge is 0.343 e. The van der Waals surface area contributed by atoms with Crippen LogP contribution >= 0.6 is 0 Å². The normalized spacial score (nSPS) is 14.6. The molecule has 0 amide bonds. The highest BCUT2D eigenvalue weighted by Crippen LogP contribution is 2.47. The number of pyridine rings is 3. The molecular formula is C42H37N3O3. The SMILES string of the molecule is CCOC(=O)c1cc(C2CC2)c2c(C)c(-c3cc4c(cn3)CN(C(c3ccccc3)(c3ccccc3)c3ccccc3)C4)ccn2c1=O. The van der Waals surface area contributed by atoms with Crippen LogP contribution in [0.2, 0.25) is 0 Å². The molecule has 0 N–H and O–H groups in total. The summed E-state index contributed by atoms with van der Waals surface area (Å²) in [5.41, 5.74) is 10.1. The summed E-state index contributed by atoms with van der Waals surface area (Å²) in [5.74, 6) is -0.241. The summed E-state index contributed by atoms with van der Waals surface area (Å²) in [7, 11) is 0. The van der Waals surface area contributed by atoms with Crippen molar-refractivity contribution >= 4 is 11.5 Å². The first-order valence-corrected chi connectivity index (χ1v) is 16.8. The van der Waals surface area contributed by atoms with Crippen molar-refractivity contribution in [2.75, 3.05) is 6.61 Å². The number of carbonyl (C=O) groups is 1. The van der Waals surface area contributed by atoms with Crippen molar-refractivity contribution in [1.82, 2.24) is 14.3 Å². The van der Waals surface area contributed by atoms with Crippen LogP contribution in [-0.2, 0) is 23.4 Å². The number of nitrogens with zero attached hydrogens (tertiary/aromatic N) is 3. The van der Waals surface area contributed by atoms with E-state index in [0.29, 0.717) is 5.92 Å². The van der Waals surface area contributed by atoms with Crippen molar-refractivity contribution in [3.05, 3.63) is 176 Å². The molecule has 0 saturated heterocycles. The minimum atomic E-state index is -0.567. The Balaban J connectivity index is 1.24. The summed E-state index contributed by atoms with van der Waals surface area (Å²) < 4.78 is 6.86. The summed E-state index contributed by atoms with van der Waals surface area (Å²) in [4.78, 5) is 33.8. The van der Waals surface area contributed by atoms with E-state index in [0.717, 1.165) is 53.8 Å². The van der Waals surface area contributed by atoms with Crippen molar-refractivity contribution < 1.29 is 9.53 Å². The highest BCUT2D eigenvalue weighted by molar-refractivity contribution is 5.90. The maximum Gasteiger partial charge on any atom is 0.343 e. The van der Waals surface area contributed by atoms with Crippen LogP contribution in [0.15, 0.2) is 126 Å². The predicted octanol–water partition coefficient (Wildman–Crippen LogP) is 8.03. The molecule has 6 aromatic rings. The number of hydrogen-bond donors (Lipinski definition) is 0. The van der Waals surface area contributed by atoms with Crippen molar-refractivity contribution in [1.29, 1.82) is 0 Å². The van der Waals surface area contributed by atoms with Gasteiger partial charge in [0.2, 0.25) is 0 Å². The number of fused-ring (bicyclic) bond motifs is 2. The van der Waals surface area contributed by atoms with Gasteiger partial charge in [-0.25, -0.2) is 4.79 Å². The molecule has 0 bridgehead atoms. The maximum atomic E-state index is 13.5. The van der Waals surface area contributed by atoms with E-state index >= 15 is 0 Å². The molecule has 6 heteroatoms. The van der Waals surface area contributed by atoms with Crippen LogP contribution in [0, 0.1) is 6.92 Å². The highest BCUT2D eigenvalue weighted by atomic mass is 16.5. The molecule has 6 nitrogen and oxygen atoms in total. The molecule has 1 fully saturated rings. The Bertz CT molecular complexity index is 2110. The molecule has 0 atom stereocenters. The van der Waals surface area contributed by atoms with Gasteiger partial charge in [0.1, 0.15) is 5.56 Å². The maximum absolute atomic E-state index is 13.5. The second kappa shape index (κ2) is 12.0. The van der Waals surface area contributed by atoms with Gasteiger partial charge in [-0.15, -0.1) is 0 Å². The Morgan fingerprint density at radius 2 is 1.42 bits per heavy atom. The van der Waals surface area contributed by atoms with Crippen LogP contribution in [0.25, 0.3) is 16.8 Å². The quantitative estimate of drug-likeness (QED) is 0.126. The Labute approximate surface area is 280 Å². The fourth-order valence-electron chi connectivity index (χ4n) is 7.69. The lowest BCUT2D eigenvalue weighted by Gasteiger charge is -2.43. The fourth-order valence-corrected chi connectivity index (χ4v) is 7.69. The second-order valence-electron chi connectivity index (χ2n) is 12.9. The van der Waals surface area contributed by atoms with E-state index in [1.807, 2.05) is 12.3 Å². The van der Waals surface area contributed by atoms with Gasteiger partial charge in [-0.05, 0) is 89.8 Å². The van der Waals surface area contributed by atoms with Gasteiger partial charge >= 0.3 is 5.97 Å². The van der Waals surface area contributed by atoms with E-state index in [1.165, 1.54) is 27.8 Å². The number of carbonyl (C=O) groups excluding carboxylic acids is 1. The Morgan fingerprint density at radius 1 is 0.833 bits per heavy atom. The van der Waals surface area contributed by atoms with Gasteiger partial charge in [0.05, 0.1) is 23.4 Å². The van der Waals surface area contributed by atoms with Gasteiger partial charge in [-0.3, -0.25) is 19.1 Å². The average Bonchev–Trinajstić information content (AvgIpc) is 3.89. The number of rotatable bonds is 8. The fraction of sp³-hybridized carbons (Fsp3) is 0.214. The third-order valence-corrected chi connectivity index (χ3v) is 10.1. The summed E-state index contributed by atoms with van der Waals surface area (Å²) in [6.07, 6.45) is 5.90. The molecule has 3 aromatic heterocycles. The number of benzene rings is 3. The lowest BCUT2D eigenvalue weighted by atomic mass is 9.75. The van der Waals surface area contributed by atoms with Crippen molar-refractivity contribution in [2.24, 2.45) is 0 Å². The van der Waals surface area contributed by atoms with E-state index in [-0.39, 0.29) is 17.7 Å². The van der Waals surface area contributed by atoms with Crippen LogP contribution < -0.4 is 5.56 Å². The number of ether oxygens (including phenoxy) is 1. The zero-order valence-corrected chi connectivity index (χ0v) is 27.2. The minimum absolute atomic E-state index is 0.0953. The zero-order valence-electron chi connectivity index (χ0n) is 27.2. The van der Waals surface area contributed by atoms with Gasteiger partial charge in [0.25, 0.3) is 5.56 Å². The number of esters is 1. The molecule has 1 aliphatic carbocycles. The Morgan fingerprint density at radius 3 is 1.98 bits per heavy atom. The van der Waals surface area contributed by atoms with Crippen molar-refractivity contribution in [3.63, 3.8) is 0 Å². The molecular weight excluding hydrogens is 594 g/mol. The first-order valence-electron chi connectivity index (χ1n) is 16.8. The van der Waals surface area contributed by atoms with E-state index in [2.05, 4.69) is 109 Å². The molecule has 4 heterocycles. The van der Waals surface area contributed by atoms with Crippen LogP contribution in [0.4, 0.5) is 0 Å². The van der Waals surface area contributed by atoms with E-state index in [1.54, 1.807) is 23.6 Å². The molecule has 0 spiro atoms. The van der Waals surface area contributed by atoms with Crippen molar-refractivity contribution in [2.45, 2.75) is 51.2 Å². The van der Waals surface area contributed by atoms with Crippen LogP contribution in [0.3, 0.4) is 0 Å². The molecule has 1 saturated carbocycles. The number of aromatic nitrogens is 2. The van der Waals surface area contributed by atoms with Crippen LogP contribution in [-0.4, -0.2) is 26.9 Å². The van der Waals surface area contributed by atoms with Gasteiger partial charge < -0.3 is 4.74 Å². The standard InChI is InChI=1S/C42H37N3O3/c1-3-48-41(47)37-24-36(29-19-20-29)39-28(2)35(21-22-45(39)40(37)46)38-23-30-26-44(27-31(30)25-43-38)42(32-13-7-4-8-14-32,33-15-9-5-10-16-33)34-17-11-6-12-18-34/h4-18,21-25,29H,3,19-20,26-27H2,1-2H3. The molecule has 238 valence electrons. The first-order chi connectivity index (χ1) is 23.5. The highest BCUT2D eigenvalue weighted by Gasteiger charge is 2.44. The summed E-state index contributed by atoms with van der Waals surface area (Å²) in [5, 5.41) is 0.